The Balaban J connectivity index is 1.67. The molecular formula is C25H21FN2O3. The summed E-state index contributed by atoms with van der Waals surface area (Å²) < 4.78 is 25.8. The van der Waals surface area contributed by atoms with Crippen LogP contribution in [0.15, 0.2) is 65.5 Å². The van der Waals surface area contributed by atoms with E-state index in [9.17, 15) is 9.18 Å². The molecule has 31 heavy (non-hydrogen) atoms. The molecule has 0 amide bonds. The van der Waals surface area contributed by atoms with Crippen LogP contribution in [0.25, 0.3) is 27.7 Å². The van der Waals surface area contributed by atoms with Gasteiger partial charge < -0.3 is 9.47 Å². The molecule has 0 unspecified atom stereocenters. The second-order valence-electron chi connectivity index (χ2n) is 7.83. The molecule has 0 aliphatic carbocycles. The third-order valence-corrected chi connectivity index (χ3v) is 5.62. The number of halogens is 1. The Morgan fingerprint density at radius 2 is 1.61 bits per heavy atom. The largest absolute Gasteiger partial charge is 0.486 e. The highest BCUT2D eigenvalue weighted by Crippen LogP contribution is 2.28. The van der Waals surface area contributed by atoms with Crippen LogP contribution in [0.4, 0.5) is 4.39 Å². The van der Waals surface area contributed by atoms with Crippen molar-refractivity contribution in [1.82, 2.24) is 9.78 Å². The Morgan fingerprint density at radius 3 is 2.23 bits per heavy atom. The lowest BCUT2D eigenvalue weighted by molar-refractivity contribution is -0.0796. The summed E-state index contributed by atoms with van der Waals surface area (Å²) in [7, 11) is 0. The maximum absolute atomic E-state index is 13.5. The van der Waals surface area contributed by atoms with Crippen LogP contribution in [0.5, 0.6) is 5.75 Å². The van der Waals surface area contributed by atoms with Crippen LogP contribution < -0.4 is 10.3 Å². The van der Waals surface area contributed by atoms with E-state index in [2.05, 4.69) is 5.10 Å². The Bertz CT molecular complexity index is 1320. The standard InChI is InChI=1S/C25H21FN2O3/c1-15-11-22-23(12-16(15)2)25(29)28(27-24(22)17-3-5-18(26)6-4-17)19-7-9-20(10-8-19)31-21-13-30-14-21/h3-12,21H,13-14H2,1-2H3. The Labute approximate surface area is 178 Å². The molecule has 0 spiro atoms. The second-order valence-corrected chi connectivity index (χ2v) is 7.83. The molecule has 5 rings (SSSR count). The molecule has 1 aromatic heterocycles. The zero-order valence-corrected chi connectivity index (χ0v) is 17.3. The molecule has 0 saturated carbocycles. The van der Waals surface area contributed by atoms with Gasteiger partial charge in [0.1, 0.15) is 17.7 Å². The Hall–Kier alpha value is -3.51. The highest BCUT2D eigenvalue weighted by molar-refractivity contribution is 5.95. The van der Waals surface area contributed by atoms with E-state index in [4.69, 9.17) is 9.47 Å². The van der Waals surface area contributed by atoms with Crippen LogP contribution >= 0.6 is 0 Å². The van der Waals surface area contributed by atoms with E-state index in [0.29, 0.717) is 30.0 Å². The number of hydrogen-bond acceptors (Lipinski definition) is 4. The van der Waals surface area contributed by atoms with Crippen LogP contribution in [-0.4, -0.2) is 29.1 Å². The fraction of sp³-hybridized carbons (Fsp3) is 0.200. The van der Waals surface area contributed by atoms with E-state index in [1.165, 1.54) is 16.8 Å². The van der Waals surface area contributed by atoms with Crippen molar-refractivity contribution < 1.29 is 13.9 Å². The second kappa shape index (κ2) is 7.63. The van der Waals surface area contributed by atoms with Crippen LogP contribution in [0, 0.1) is 19.7 Å². The first-order chi connectivity index (χ1) is 15.0. The molecular weight excluding hydrogens is 395 g/mol. The maximum Gasteiger partial charge on any atom is 0.279 e. The lowest BCUT2D eigenvalue weighted by Gasteiger charge is -2.26. The fourth-order valence-corrected chi connectivity index (χ4v) is 3.64. The number of nitrogens with zero attached hydrogens (tertiary/aromatic N) is 2. The van der Waals surface area contributed by atoms with Crippen LogP contribution in [0.3, 0.4) is 0 Å². The minimum absolute atomic E-state index is 0.0728. The van der Waals surface area contributed by atoms with Gasteiger partial charge in [0, 0.05) is 10.9 Å². The molecule has 0 radical (unpaired) electrons. The first kappa shape index (κ1) is 19.5. The summed E-state index contributed by atoms with van der Waals surface area (Å²) in [5, 5.41) is 6.00. The fourth-order valence-electron chi connectivity index (χ4n) is 3.64. The number of hydrogen-bond donors (Lipinski definition) is 0. The van der Waals surface area contributed by atoms with E-state index in [-0.39, 0.29) is 17.5 Å². The summed E-state index contributed by atoms with van der Waals surface area (Å²) in [6.45, 7) is 5.16. The molecule has 0 bridgehead atoms. The average molecular weight is 416 g/mol. The molecule has 5 nitrogen and oxygen atoms in total. The van der Waals surface area contributed by atoms with Crippen molar-refractivity contribution in [1.29, 1.82) is 0 Å². The van der Waals surface area contributed by atoms with Crippen molar-refractivity contribution in [3.63, 3.8) is 0 Å². The van der Waals surface area contributed by atoms with Gasteiger partial charge in [-0.3, -0.25) is 4.79 Å². The van der Waals surface area contributed by atoms with Crippen LogP contribution in [-0.2, 0) is 4.74 Å². The van der Waals surface area contributed by atoms with Gasteiger partial charge in [-0.1, -0.05) is 0 Å². The topological polar surface area (TPSA) is 53.4 Å². The van der Waals surface area contributed by atoms with E-state index in [0.717, 1.165) is 27.8 Å². The molecule has 1 fully saturated rings. The predicted molar refractivity (Wildman–Crippen MR) is 117 cm³/mol. The molecule has 0 atom stereocenters. The van der Waals surface area contributed by atoms with Crippen LogP contribution in [0.1, 0.15) is 11.1 Å². The lowest BCUT2D eigenvalue weighted by atomic mass is 10.00. The number of ether oxygens (including phenoxy) is 2. The summed E-state index contributed by atoms with van der Waals surface area (Å²) in [5.74, 6) is 0.400. The molecule has 6 heteroatoms. The van der Waals surface area contributed by atoms with E-state index in [1.807, 2.05) is 50.2 Å². The Kier molecular flexibility index (Phi) is 4.79. The number of rotatable bonds is 4. The van der Waals surface area contributed by atoms with Gasteiger partial charge in [-0.25, -0.2) is 4.39 Å². The summed E-state index contributed by atoms with van der Waals surface area (Å²) in [6, 6.07) is 17.3. The summed E-state index contributed by atoms with van der Waals surface area (Å²) in [5.41, 5.74) is 3.89. The first-order valence-electron chi connectivity index (χ1n) is 10.1. The zero-order chi connectivity index (χ0) is 21.5. The van der Waals surface area contributed by atoms with Gasteiger partial charge >= 0.3 is 0 Å². The van der Waals surface area contributed by atoms with Gasteiger partial charge in [0.2, 0.25) is 0 Å². The van der Waals surface area contributed by atoms with Gasteiger partial charge in [0.05, 0.1) is 30.0 Å². The molecule has 1 aliphatic heterocycles. The van der Waals surface area contributed by atoms with Crippen molar-refractivity contribution in [2.24, 2.45) is 0 Å². The minimum Gasteiger partial charge on any atom is -0.486 e. The first-order valence-corrected chi connectivity index (χ1v) is 10.1. The van der Waals surface area contributed by atoms with Crippen LogP contribution in [0.2, 0.25) is 0 Å². The molecule has 0 N–H and O–H groups in total. The monoisotopic (exact) mass is 416 g/mol. The molecule has 4 aromatic rings. The smallest absolute Gasteiger partial charge is 0.279 e. The zero-order valence-electron chi connectivity index (χ0n) is 17.3. The van der Waals surface area contributed by atoms with E-state index in [1.54, 1.807) is 12.1 Å². The number of aromatic nitrogens is 2. The predicted octanol–water partition coefficient (Wildman–Crippen LogP) is 4.59. The van der Waals surface area contributed by atoms with Gasteiger partial charge in [-0.2, -0.15) is 9.78 Å². The maximum atomic E-state index is 13.5. The number of aryl methyl sites for hydroxylation is 2. The number of benzene rings is 3. The number of fused-ring (bicyclic) bond motifs is 1. The highest BCUT2D eigenvalue weighted by Gasteiger charge is 2.20. The average Bonchev–Trinajstić information content (AvgIpc) is 2.74. The van der Waals surface area contributed by atoms with Crippen molar-refractivity contribution in [2.75, 3.05) is 13.2 Å². The van der Waals surface area contributed by atoms with Crippen molar-refractivity contribution in [3.8, 4) is 22.7 Å². The van der Waals surface area contributed by atoms with Gasteiger partial charge in [0.25, 0.3) is 5.56 Å². The van der Waals surface area contributed by atoms with Gasteiger partial charge in [-0.15, -0.1) is 0 Å². The summed E-state index contributed by atoms with van der Waals surface area (Å²) in [4.78, 5) is 13.3. The molecule has 2 heterocycles. The van der Waals surface area contributed by atoms with E-state index < -0.39 is 0 Å². The third-order valence-electron chi connectivity index (χ3n) is 5.62. The van der Waals surface area contributed by atoms with Gasteiger partial charge in [0.15, 0.2) is 0 Å². The van der Waals surface area contributed by atoms with E-state index >= 15 is 0 Å². The molecule has 1 saturated heterocycles. The summed E-state index contributed by atoms with van der Waals surface area (Å²) >= 11 is 0. The normalized spacial score (nSPS) is 13.9. The van der Waals surface area contributed by atoms with Gasteiger partial charge in [-0.05, 0) is 85.6 Å². The molecule has 1 aliphatic rings. The quantitative estimate of drug-likeness (QED) is 0.488. The highest BCUT2D eigenvalue weighted by atomic mass is 19.1. The third kappa shape index (κ3) is 3.59. The van der Waals surface area contributed by atoms with Crippen molar-refractivity contribution in [2.45, 2.75) is 20.0 Å². The minimum atomic E-state index is -0.319. The van der Waals surface area contributed by atoms with Crippen molar-refractivity contribution in [3.05, 3.63) is 88.0 Å². The molecule has 3 aromatic carbocycles. The van der Waals surface area contributed by atoms with Crippen molar-refractivity contribution >= 4 is 10.8 Å². The Morgan fingerprint density at radius 1 is 0.968 bits per heavy atom. The summed E-state index contributed by atoms with van der Waals surface area (Å²) in [6.07, 6.45) is 0.0728. The lowest BCUT2D eigenvalue weighted by Crippen LogP contribution is -2.38. The SMILES string of the molecule is Cc1cc2c(-c3ccc(F)cc3)nn(-c3ccc(OC4COC4)cc3)c(=O)c2cc1C. The molecule has 156 valence electrons.